The second kappa shape index (κ2) is 12.4. The molecule has 0 amide bonds. The zero-order valence-electron chi connectivity index (χ0n) is 18.8. The second-order valence-corrected chi connectivity index (χ2v) is 9.45. The average Bonchev–Trinajstić information content (AvgIpc) is 2.67. The highest BCUT2D eigenvalue weighted by Gasteiger charge is 2.39. The number of ether oxygens (including phenoxy) is 1. The fraction of sp³-hybridized carbons (Fsp3) is 0.476. The first-order valence-electron chi connectivity index (χ1n) is 9.77. The number of benzene rings is 1. The van der Waals surface area contributed by atoms with Crippen molar-refractivity contribution in [1.29, 1.82) is 0 Å². The van der Waals surface area contributed by atoms with E-state index < -0.39 is 24.8 Å². The number of phosphoric ester groups is 1. The summed E-state index contributed by atoms with van der Waals surface area (Å²) >= 11 is 0. The van der Waals surface area contributed by atoms with Gasteiger partial charge in [0.05, 0.1) is 24.5 Å². The van der Waals surface area contributed by atoms with Crippen LogP contribution in [0.5, 0.6) is 0 Å². The van der Waals surface area contributed by atoms with Gasteiger partial charge in [-0.3, -0.25) is 24.5 Å². The predicted octanol–water partition coefficient (Wildman–Crippen LogP) is 2.58. The summed E-state index contributed by atoms with van der Waals surface area (Å²) in [6.07, 6.45) is 8.27. The number of hydrazone groups is 1. The van der Waals surface area contributed by atoms with Crippen molar-refractivity contribution in [2.45, 2.75) is 46.3 Å². The number of hydrogen-bond donors (Lipinski definition) is 3. The molecule has 32 heavy (non-hydrogen) atoms. The maximum Gasteiger partial charge on any atom is 0.536 e. The van der Waals surface area contributed by atoms with Gasteiger partial charge in [0, 0.05) is 11.6 Å². The number of phosphoric acid groups is 1. The predicted molar refractivity (Wildman–Crippen MR) is 123 cm³/mol. The fourth-order valence-electron chi connectivity index (χ4n) is 3.11. The van der Waals surface area contributed by atoms with E-state index in [-0.39, 0.29) is 26.2 Å². The summed E-state index contributed by atoms with van der Waals surface area (Å²) in [7, 11) is -4.40. The van der Waals surface area contributed by atoms with Crippen molar-refractivity contribution in [1.82, 2.24) is 5.32 Å². The molecule has 10 nitrogen and oxygen atoms in total. The third-order valence-corrected chi connectivity index (χ3v) is 5.22. The van der Waals surface area contributed by atoms with Crippen molar-refractivity contribution in [3.63, 3.8) is 0 Å². The molecule has 0 saturated heterocycles. The minimum atomic E-state index is -4.40. The van der Waals surface area contributed by atoms with Crippen molar-refractivity contribution in [3.8, 4) is 12.5 Å². The summed E-state index contributed by atoms with van der Waals surface area (Å²) in [5, 5.41) is 6.62. The highest BCUT2D eigenvalue weighted by atomic mass is 31.2. The van der Waals surface area contributed by atoms with Crippen LogP contribution in [0.1, 0.15) is 39.7 Å². The highest BCUT2D eigenvalue weighted by molar-refractivity contribution is 7.47. The molecule has 1 unspecified atom stereocenters. The van der Waals surface area contributed by atoms with Gasteiger partial charge in [0.2, 0.25) is 0 Å². The lowest BCUT2D eigenvalue weighted by Gasteiger charge is -2.34. The fourth-order valence-corrected chi connectivity index (χ4v) is 3.97. The van der Waals surface area contributed by atoms with Crippen LogP contribution in [0.2, 0.25) is 0 Å². The Morgan fingerprint density at radius 2 is 1.97 bits per heavy atom. The van der Waals surface area contributed by atoms with Crippen molar-refractivity contribution < 1.29 is 28.0 Å². The molecule has 1 aromatic carbocycles. The molecule has 1 aromatic rings. The van der Waals surface area contributed by atoms with Gasteiger partial charge in [-0.05, 0) is 25.8 Å². The van der Waals surface area contributed by atoms with Crippen molar-refractivity contribution in [2.24, 2.45) is 21.4 Å². The summed E-state index contributed by atoms with van der Waals surface area (Å²) in [6.45, 7) is 7.22. The van der Waals surface area contributed by atoms with Crippen LogP contribution in [0.25, 0.3) is 0 Å². The van der Waals surface area contributed by atoms with Crippen LogP contribution >= 0.6 is 7.82 Å². The van der Waals surface area contributed by atoms with Crippen LogP contribution < -0.4 is 11.2 Å². The number of terminal acetylenes is 1. The summed E-state index contributed by atoms with van der Waals surface area (Å²) in [4.78, 5) is 25.6. The number of carbonyl (C=O) groups excluding carboxylic acids is 1. The summed E-state index contributed by atoms with van der Waals surface area (Å²) in [6, 6.07) is 9.37. The van der Waals surface area contributed by atoms with E-state index in [1.165, 1.54) is 6.21 Å². The third kappa shape index (κ3) is 10.6. The van der Waals surface area contributed by atoms with E-state index in [1.807, 2.05) is 44.2 Å². The molecule has 0 spiro atoms. The van der Waals surface area contributed by atoms with Gasteiger partial charge in [0.1, 0.15) is 12.7 Å². The van der Waals surface area contributed by atoms with Gasteiger partial charge in [-0.25, -0.2) is 4.57 Å². The quantitative estimate of drug-likeness (QED) is 0.0765. The first-order chi connectivity index (χ1) is 14.9. The first-order valence-corrected chi connectivity index (χ1v) is 11.3. The van der Waals surface area contributed by atoms with Gasteiger partial charge in [-0.1, -0.05) is 50.6 Å². The minimum absolute atomic E-state index is 0.00942. The van der Waals surface area contributed by atoms with Gasteiger partial charge in [-0.2, -0.15) is 5.10 Å². The standard InChI is InChI=1S/C21H31N4O6P/c1-6-30-32(27,28)31-21(4,5)15-20(2,3)18(25-22)12-23-16-24-13-19(26)29-14-17-10-8-7-9-11-17/h1,7-12,24H,13-16,22H2,2-5H3,(H,27,28). The molecule has 0 aliphatic heterocycles. The van der Waals surface area contributed by atoms with Crippen molar-refractivity contribution in [3.05, 3.63) is 35.9 Å². The molecule has 176 valence electrons. The van der Waals surface area contributed by atoms with E-state index in [2.05, 4.69) is 19.9 Å². The number of nitrogens with two attached hydrogens (primary N) is 1. The molecular weight excluding hydrogens is 435 g/mol. The maximum absolute atomic E-state index is 11.8. The number of hydrogen-bond acceptors (Lipinski definition) is 9. The molecule has 0 fully saturated rings. The van der Waals surface area contributed by atoms with Gasteiger partial charge in [0.25, 0.3) is 0 Å². The number of rotatable bonds is 13. The topological polar surface area (TPSA) is 145 Å². The maximum atomic E-state index is 11.8. The average molecular weight is 466 g/mol. The Balaban J connectivity index is 2.52. The number of aliphatic imine (C=N–C) groups is 1. The molecule has 0 aliphatic carbocycles. The highest BCUT2D eigenvalue weighted by Crippen LogP contribution is 2.49. The zero-order chi connectivity index (χ0) is 24.3. The molecule has 1 rings (SSSR count). The Morgan fingerprint density at radius 3 is 2.56 bits per heavy atom. The molecule has 0 saturated carbocycles. The van der Waals surface area contributed by atoms with E-state index in [9.17, 15) is 14.3 Å². The number of carbonyl (C=O) groups is 1. The van der Waals surface area contributed by atoms with Crippen LogP contribution in [0.4, 0.5) is 0 Å². The SMILES string of the molecule is C#COP(=O)(O)OC(C)(C)CC(C)(C)C(C=NCNCC(=O)OCc1ccccc1)=NN. The Bertz CT molecular complexity index is 893. The van der Waals surface area contributed by atoms with Crippen LogP contribution in [-0.2, 0) is 29.8 Å². The van der Waals surface area contributed by atoms with Gasteiger partial charge < -0.3 is 15.1 Å². The van der Waals surface area contributed by atoms with Gasteiger partial charge in [0.15, 0.2) is 0 Å². The largest absolute Gasteiger partial charge is 0.536 e. The van der Waals surface area contributed by atoms with Crippen LogP contribution in [0.3, 0.4) is 0 Å². The lowest BCUT2D eigenvalue weighted by Crippen LogP contribution is -2.37. The zero-order valence-corrected chi connectivity index (χ0v) is 19.7. The smallest absolute Gasteiger partial charge is 0.460 e. The summed E-state index contributed by atoms with van der Waals surface area (Å²) in [5.74, 6) is 5.11. The van der Waals surface area contributed by atoms with Crippen LogP contribution in [0, 0.1) is 17.9 Å². The lowest BCUT2D eigenvalue weighted by molar-refractivity contribution is -0.143. The molecule has 4 N–H and O–H groups in total. The Hall–Kier alpha value is -2.70. The molecule has 0 bridgehead atoms. The Morgan fingerprint density at radius 1 is 1.31 bits per heavy atom. The molecular formula is C21H31N4O6P. The summed E-state index contributed by atoms with van der Waals surface area (Å²) < 4.78 is 26.5. The second-order valence-electron chi connectivity index (χ2n) is 8.15. The van der Waals surface area contributed by atoms with Crippen LogP contribution in [0.15, 0.2) is 40.4 Å². The Kier molecular flexibility index (Phi) is 10.6. The van der Waals surface area contributed by atoms with Gasteiger partial charge >= 0.3 is 13.8 Å². The van der Waals surface area contributed by atoms with E-state index in [0.717, 1.165) is 5.56 Å². The van der Waals surface area contributed by atoms with E-state index in [1.54, 1.807) is 20.0 Å². The molecule has 0 heterocycles. The van der Waals surface area contributed by atoms with Crippen LogP contribution in [-0.4, -0.2) is 41.6 Å². The Labute approximate surface area is 188 Å². The molecule has 0 aliphatic rings. The lowest BCUT2D eigenvalue weighted by atomic mass is 9.78. The number of nitrogens with one attached hydrogen (secondary N) is 1. The van der Waals surface area contributed by atoms with Crippen molar-refractivity contribution >= 4 is 25.7 Å². The number of nitrogens with zero attached hydrogens (tertiary/aromatic N) is 2. The molecule has 11 heteroatoms. The van der Waals surface area contributed by atoms with Crippen molar-refractivity contribution in [2.75, 3.05) is 13.2 Å². The number of esters is 1. The van der Waals surface area contributed by atoms with E-state index in [0.29, 0.717) is 5.71 Å². The van der Waals surface area contributed by atoms with Gasteiger partial charge in [-0.15, -0.1) is 0 Å². The third-order valence-electron chi connectivity index (χ3n) is 4.16. The van der Waals surface area contributed by atoms with E-state index >= 15 is 0 Å². The van der Waals surface area contributed by atoms with E-state index in [4.69, 9.17) is 21.5 Å². The normalized spacial score (nSPS) is 14.6. The molecule has 0 radical (unpaired) electrons. The molecule has 1 atom stereocenters. The minimum Gasteiger partial charge on any atom is -0.460 e. The monoisotopic (exact) mass is 466 g/mol. The first kappa shape index (κ1) is 27.3. The molecule has 0 aromatic heterocycles. The summed E-state index contributed by atoms with van der Waals surface area (Å²) in [5.41, 5.74) is -0.435.